The summed E-state index contributed by atoms with van der Waals surface area (Å²) in [4.78, 5) is 13.2. The minimum Gasteiger partial charge on any atom is -0.463 e. The van der Waals surface area contributed by atoms with Crippen LogP contribution in [0, 0.1) is 6.92 Å². The Balaban J connectivity index is 1.97. The third-order valence-corrected chi connectivity index (χ3v) is 8.14. The number of nitrogens with zero attached hydrogens (tertiary/aromatic N) is 1. The van der Waals surface area contributed by atoms with Crippen molar-refractivity contribution in [1.82, 2.24) is 4.31 Å². The Morgan fingerprint density at radius 1 is 1.00 bits per heavy atom. The second-order valence-corrected chi connectivity index (χ2v) is 10.4. The maximum absolute atomic E-state index is 14.2. The number of esters is 1. The van der Waals surface area contributed by atoms with E-state index < -0.39 is 28.1 Å². The molecule has 3 aromatic carbocycles. The largest absolute Gasteiger partial charge is 0.463 e. The van der Waals surface area contributed by atoms with Crippen molar-refractivity contribution in [3.05, 3.63) is 112 Å². The summed E-state index contributed by atoms with van der Waals surface area (Å²) in [7, 11) is -4.05. The molecule has 0 amide bonds. The number of halogens is 1. The van der Waals surface area contributed by atoms with Crippen molar-refractivity contribution in [3.63, 3.8) is 0 Å². The van der Waals surface area contributed by atoms with E-state index >= 15 is 0 Å². The zero-order chi connectivity index (χ0) is 24.3. The number of rotatable bonds is 6. The van der Waals surface area contributed by atoms with Gasteiger partial charge in [-0.15, -0.1) is 0 Å². The van der Waals surface area contributed by atoms with Gasteiger partial charge in [0.1, 0.15) is 0 Å². The predicted octanol–water partition coefficient (Wildman–Crippen LogP) is 6.01. The summed E-state index contributed by atoms with van der Waals surface area (Å²) in [6.45, 7) is 3.82. The fourth-order valence-corrected chi connectivity index (χ4v) is 6.32. The summed E-state index contributed by atoms with van der Waals surface area (Å²) in [6, 6.07) is 21.6. The number of hydrogen-bond acceptors (Lipinski definition) is 4. The number of aryl methyl sites for hydroxylation is 1. The normalized spacial score (nSPS) is 18.9. The van der Waals surface area contributed by atoms with Crippen LogP contribution in [0.3, 0.4) is 0 Å². The van der Waals surface area contributed by atoms with Crippen LogP contribution < -0.4 is 0 Å². The first kappa shape index (κ1) is 24.2. The fraction of sp³-hybridized carbons (Fsp3) is 0.222. The maximum atomic E-state index is 14.2. The Morgan fingerprint density at radius 2 is 1.65 bits per heavy atom. The van der Waals surface area contributed by atoms with Crippen molar-refractivity contribution >= 4 is 27.6 Å². The molecule has 4 rings (SSSR count). The Labute approximate surface area is 205 Å². The van der Waals surface area contributed by atoms with E-state index in [0.717, 1.165) is 5.56 Å². The molecule has 1 aliphatic rings. The quantitative estimate of drug-likeness (QED) is 0.392. The smallest absolute Gasteiger partial charge is 0.335 e. The predicted molar refractivity (Wildman–Crippen MR) is 133 cm³/mol. The Hall–Kier alpha value is -2.93. The molecule has 1 heterocycles. The average Bonchev–Trinajstić information content (AvgIpc) is 2.84. The first-order chi connectivity index (χ1) is 16.3. The molecule has 0 fully saturated rings. The molecule has 0 N–H and O–H groups in total. The minimum absolute atomic E-state index is 0.154. The molecule has 0 spiro atoms. The van der Waals surface area contributed by atoms with Crippen LogP contribution in [-0.4, -0.2) is 25.3 Å². The summed E-state index contributed by atoms with van der Waals surface area (Å²) >= 11 is 6.55. The number of benzene rings is 3. The lowest BCUT2D eigenvalue weighted by Crippen LogP contribution is -2.42. The lowest BCUT2D eigenvalue weighted by atomic mass is 9.89. The highest BCUT2D eigenvalue weighted by atomic mass is 35.5. The molecule has 5 nitrogen and oxygen atoms in total. The van der Waals surface area contributed by atoms with Crippen molar-refractivity contribution in [3.8, 4) is 0 Å². The van der Waals surface area contributed by atoms with Crippen LogP contribution in [0.1, 0.15) is 42.1 Å². The highest BCUT2D eigenvalue weighted by Gasteiger charge is 2.45. The van der Waals surface area contributed by atoms with Crippen molar-refractivity contribution < 1.29 is 17.9 Å². The molecule has 0 unspecified atom stereocenters. The van der Waals surface area contributed by atoms with E-state index in [4.69, 9.17) is 16.3 Å². The van der Waals surface area contributed by atoms with E-state index in [-0.39, 0.29) is 17.9 Å². The van der Waals surface area contributed by atoms with Crippen LogP contribution in [0.15, 0.2) is 95.4 Å². The second-order valence-electron chi connectivity index (χ2n) is 8.11. The van der Waals surface area contributed by atoms with Gasteiger partial charge in [0.25, 0.3) is 0 Å². The Morgan fingerprint density at radius 3 is 2.29 bits per heavy atom. The van der Waals surface area contributed by atoms with Crippen molar-refractivity contribution in [2.24, 2.45) is 0 Å². The number of sulfonamides is 1. The molecule has 3 aromatic rings. The van der Waals surface area contributed by atoms with Gasteiger partial charge < -0.3 is 4.74 Å². The zero-order valence-corrected chi connectivity index (χ0v) is 20.6. The molecule has 0 saturated carbocycles. The Bertz CT molecular complexity index is 1300. The van der Waals surface area contributed by atoms with Crippen molar-refractivity contribution in [2.45, 2.75) is 37.2 Å². The molecular weight excluding hydrogens is 470 g/mol. The molecule has 34 heavy (non-hydrogen) atoms. The number of hydrogen-bond donors (Lipinski definition) is 0. The van der Waals surface area contributed by atoms with E-state index in [1.165, 1.54) is 4.31 Å². The monoisotopic (exact) mass is 495 g/mol. The van der Waals surface area contributed by atoms with Gasteiger partial charge in [0.05, 0.1) is 29.2 Å². The van der Waals surface area contributed by atoms with Crippen LogP contribution in [0.2, 0.25) is 5.02 Å². The van der Waals surface area contributed by atoms with Gasteiger partial charge in [0, 0.05) is 5.02 Å². The van der Waals surface area contributed by atoms with Crippen LogP contribution in [-0.2, 0) is 19.6 Å². The number of ether oxygens (including phenoxy) is 1. The molecular formula is C27H26ClNO4S. The molecule has 0 bridgehead atoms. The average molecular weight is 496 g/mol. The standard InChI is InChI=1S/C27H26ClNO4S/c1-3-33-27(30)23-17-18-25(22-11-7-8-12-24(22)28)29(26(23)20-9-5-4-6-10-20)34(31,32)21-15-13-19(2)14-16-21/h4-17,25-26H,3,18H2,1-2H3/t25-,26-/m0/s1. The third kappa shape index (κ3) is 4.67. The number of carbonyl (C=O) groups excluding carboxylic acids is 1. The molecule has 0 aliphatic carbocycles. The summed E-state index contributed by atoms with van der Waals surface area (Å²) < 4.78 is 35.2. The lowest BCUT2D eigenvalue weighted by Gasteiger charge is -2.41. The summed E-state index contributed by atoms with van der Waals surface area (Å²) in [5.41, 5.74) is 2.60. The molecule has 7 heteroatoms. The summed E-state index contributed by atoms with van der Waals surface area (Å²) in [5.74, 6) is -0.530. The van der Waals surface area contributed by atoms with Gasteiger partial charge in [-0.3, -0.25) is 0 Å². The third-order valence-electron chi connectivity index (χ3n) is 5.90. The molecule has 0 saturated heterocycles. The molecule has 1 aliphatic heterocycles. The minimum atomic E-state index is -4.05. The van der Waals surface area contributed by atoms with Crippen molar-refractivity contribution in [1.29, 1.82) is 0 Å². The van der Waals surface area contributed by atoms with E-state index in [1.807, 2.05) is 55.5 Å². The van der Waals surface area contributed by atoms with Crippen LogP contribution in [0.4, 0.5) is 0 Å². The second kappa shape index (κ2) is 10.1. The van der Waals surface area contributed by atoms with Crippen LogP contribution >= 0.6 is 11.6 Å². The number of carbonyl (C=O) groups is 1. The molecule has 0 radical (unpaired) electrons. The van der Waals surface area contributed by atoms with E-state index in [1.54, 1.807) is 43.3 Å². The van der Waals surface area contributed by atoms with Gasteiger partial charge in [-0.2, -0.15) is 4.31 Å². The highest BCUT2D eigenvalue weighted by molar-refractivity contribution is 7.89. The first-order valence-corrected chi connectivity index (χ1v) is 12.9. The van der Waals surface area contributed by atoms with Gasteiger partial charge >= 0.3 is 5.97 Å². The summed E-state index contributed by atoms with van der Waals surface area (Å²) in [5, 5.41) is 0.469. The maximum Gasteiger partial charge on any atom is 0.335 e. The van der Waals surface area contributed by atoms with Crippen LogP contribution in [0.5, 0.6) is 0 Å². The Kier molecular flexibility index (Phi) is 7.22. The molecule has 176 valence electrons. The fourth-order valence-electron chi connectivity index (χ4n) is 4.29. The van der Waals surface area contributed by atoms with Crippen LogP contribution in [0.25, 0.3) is 0 Å². The zero-order valence-electron chi connectivity index (χ0n) is 19.0. The van der Waals surface area contributed by atoms with Gasteiger partial charge in [0.2, 0.25) is 10.0 Å². The summed E-state index contributed by atoms with van der Waals surface area (Å²) in [6.07, 6.45) is 2.07. The van der Waals surface area contributed by atoms with Gasteiger partial charge in [-0.1, -0.05) is 83.9 Å². The van der Waals surface area contributed by atoms with E-state index in [0.29, 0.717) is 21.7 Å². The lowest BCUT2D eigenvalue weighted by molar-refractivity contribution is -0.139. The van der Waals surface area contributed by atoms with Gasteiger partial charge in [-0.25, -0.2) is 13.2 Å². The first-order valence-electron chi connectivity index (χ1n) is 11.1. The van der Waals surface area contributed by atoms with Crippen molar-refractivity contribution in [2.75, 3.05) is 6.61 Å². The van der Waals surface area contributed by atoms with E-state index in [2.05, 4.69) is 0 Å². The molecule has 0 aromatic heterocycles. The molecule has 2 atom stereocenters. The SMILES string of the molecule is CCOC(=O)C1=CC[C@@H](c2ccccc2Cl)N(S(=O)(=O)c2ccc(C)cc2)[C@H]1c1ccccc1. The van der Waals surface area contributed by atoms with Gasteiger partial charge in [-0.05, 0) is 49.6 Å². The van der Waals surface area contributed by atoms with Gasteiger partial charge in [0.15, 0.2) is 0 Å². The topological polar surface area (TPSA) is 63.7 Å². The van der Waals surface area contributed by atoms with E-state index in [9.17, 15) is 13.2 Å². The highest BCUT2D eigenvalue weighted by Crippen LogP contribution is 2.47.